The summed E-state index contributed by atoms with van der Waals surface area (Å²) in [5, 5.41) is 7.12. The maximum atomic E-state index is 4.85. The molecule has 170 valence electrons. The summed E-state index contributed by atoms with van der Waals surface area (Å²) in [4.78, 5) is 14.3. The molecule has 0 aliphatic heterocycles. The highest BCUT2D eigenvalue weighted by atomic mass is 15.2. The number of rotatable bonds is 7. The maximum absolute atomic E-state index is 4.85. The molecule has 0 saturated heterocycles. The van der Waals surface area contributed by atoms with Gasteiger partial charge in [0, 0.05) is 18.6 Å². The number of nitrogens with one attached hydrogen (secondary N) is 2. The number of hydrogen-bond acceptors (Lipinski definition) is 5. The van der Waals surface area contributed by atoms with E-state index in [2.05, 4.69) is 82.6 Å². The highest BCUT2D eigenvalue weighted by Crippen LogP contribution is 2.26. The van der Waals surface area contributed by atoms with Crippen LogP contribution in [0, 0.1) is 0 Å². The Kier molecular flexibility index (Phi) is 6.24. The third-order valence-corrected chi connectivity index (χ3v) is 6.44. The van der Waals surface area contributed by atoms with Gasteiger partial charge >= 0.3 is 0 Å². The van der Waals surface area contributed by atoms with E-state index >= 15 is 0 Å². The first kappa shape index (κ1) is 21.4. The van der Waals surface area contributed by atoms with Crippen molar-refractivity contribution >= 4 is 22.9 Å². The molecule has 2 aromatic carbocycles. The number of imidazole rings is 1. The standard InChI is InChI=1S/C27H32N6/c1-19(2)33-18-29-24-25(31-27(32-26(24)33)30-23-11-7-4-8-12-23)28-17-20-13-15-22(16-14-20)21-9-5-3-6-10-21/h3,5-6,9-10,13-16,18-19,23H,4,7-8,11-12,17H2,1-2H3,(H2,28,30,31,32). The molecule has 2 N–H and O–H groups in total. The van der Waals surface area contributed by atoms with Crippen molar-refractivity contribution < 1.29 is 0 Å². The summed E-state index contributed by atoms with van der Waals surface area (Å²) in [5.74, 6) is 1.48. The predicted octanol–water partition coefficient (Wildman–Crippen LogP) is 6.43. The molecular weight excluding hydrogens is 408 g/mol. The predicted molar refractivity (Wildman–Crippen MR) is 135 cm³/mol. The van der Waals surface area contributed by atoms with Crippen molar-refractivity contribution in [3.63, 3.8) is 0 Å². The van der Waals surface area contributed by atoms with Gasteiger partial charge in [-0.15, -0.1) is 0 Å². The molecule has 0 radical (unpaired) electrons. The van der Waals surface area contributed by atoms with E-state index in [0.717, 1.165) is 17.0 Å². The SMILES string of the molecule is CC(C)n1cnc2c(NCc3ccc(-c4ccccc4)cc3)nc(NC3CCCCC3)nc21. The number of fused-ring (bicyclic) bond motifs is 1. The summed E-state index contributed by atoms with van der Waals surface area (Å²) in [5.41, 5.74) is 5.34. The van der Waals surface area contributed by atoms with E-state index in [-0.39, 0.29) is 6.04 Å². The lowest BCUT2D eigenvalue weighted by Gasteiger charge is -2.23. The first-order valence-electron chi connectivity index (χ1n) is 12.1. The Morgan fingerprint density at radius 3 is 2.36 bits per heavy atom. The van der Waals surface area contributed by atoms with Crippen molar-refractivity contribution in [3.05, 3.63) is 66.5 Å². The molecule has 1 saturated carbocycles. The Morgan fingerprint density at radius 2 is 1.64 bits per heavy atom. The molecule has 0 atom stereocenters. The highest BCUT2D eigenvalue weighted by Gasteiger charge is 2.18. The molecule has 2 aromatic heterocycles. The van der Waals surface area contributed by atoms with Crippen LogP contribution >= 0.6 is 0 Å². The van der Waals surface area contributed by atoms with Crippen LogP contribution in [-0.2, 0) is 6.54 Å². The maximum Gasteiger partial charge on any atom is 0.227 e. The molecule has 6 nitrogen and oxygen atoms in total. The molecule has 0 amide bonds. The zero-order chi connectivity index (χ0) is 22.6. The zero-order valence-corrected chi connectivity index (χ0v) is 19.5. The minimum Gasteiger partial charge on any atom is -0.364 e. The van der Waals surface area contributed by atoms with Crippen molar-refractivity contribution in [2.75, 3.05) is 10.6 Å². The molecule has 4 aromatic rings. The van der Waals surface area contributed by atoms with Crippen molar-refractivity contribution in [2.24, 2.45) is 0 Å². The number of hydrogen-bond donors (Lipinski definition) is 2. The summed E-state index contributed by atoms with van der Waals surface area (Å²) >= 11 is 0. The third kappa shape index (κ3) is 4.85. The first-order valence-corrected chi connectivity index (χ1v) is 12.1. The highest BCUT2D eigenvalue weighted by molar-refractivity contribution is 5.84. The molecule has 1 fully saturated rings. The molecule has 0 bridgehead atoms. The summed E-state index contributed by atoms with van der Waals surface area (Å²) in [6, 6.07) is 19.9. The van der Waals surface area contributed by atoms with E-state index in [9.17, 15) is 0 Å². The molecule has 6 heteroatoms. The Labute approximate surface area is 195 Å². The molecule has 33 heavy (non-hydrogen) atoms. The Balaban J connectivity index is 1.38. The minimum atomic E-state index is 0.283. The van der Waals surface area contributed by atoms with Crippen LogP contribution in [0.25, 0.3) is 22.3 Å². The van der Waals surface area contributed by atoms with Gasteiger partial charge in [-0.2, -0.15) is 9.97 Å². The van der Waals surface area contributed by atoms with Crippen LogP contribution in [0.3, 0.4) is 0 Å². The van der Waals surface area contributed by atoms with Crippen LogP contribution in [0.5, 0.6) is 0 Å². The van der Waals surface area contributed by atoms with Gasteiger partial charge in [-0.1, -0.05) is 73.9 Å². The average molecular weight is 441 g/mol. The van der Waals surface area contributed by atoms with Crippen molar-refractivity contribution in [3.8, 4) is 11.1 Å². The van der Waals surface area contributed by atoms with Gasteiger partial charge in [-0.05, 0) is 43.4 Å². The summed E-state index contributed by atoms with van der Waals surface area (Å²) < 4.78 is 2.11. The lowest BCUT2D eigenvalue weighted by Crippen LogP contribution is -2.24. The van der Waals surface area contributed by atoms with Crippen LogP contribution in [0.15, 0.2) is 60.9 Å². The second-order valence-corrected chi connectivity index (χ2v) is 9.21. The molecule has 5 rings (SSSR count). The molecule has 1 aliphatic carbocycles. The minimum absolute atomic E-state index is 0.283. The van der Waals surface area contributed by atoms with E-state index in [0.29, 0.717) is 18.5 Å². The molecular formula is C27H32N6. The van der Waals surface area contributed by atoms with Gasteiger partial charge in [0.05, 0.1) is 6.33 Å². The molecule has 0 unspecified atom stereocenters. The van der Waals surface area contributed by atoms with Gasteiger partial charge in [-0.25, -0.2) is 4.98 Å². The van der Waals surface area contributed by atoms with E-state index < -0.39 is 0 Å². The van der Waals surface area contributed by atoms with Crippen LogP contribution in [-0.4, -0.2) is 25.6 Å². The van der Waals surface area contributed by atoms with Crippen LogP contribution in [0.2, 0.25) is 0 Å². The van der Waals surface area contributed by atoms with Crippen molar-refractivity contribution in [1.82, 2.24) is 19.5 Å². The second-order valence-electron chi connectivity index (χ2n) is 9.21. The summed E-state index contributed by atoms with van der Waals surface area (Å²) in [7, 11) is 0. The number of benzene rings is 2. The fourth-order valence-corrected chi connectivity index (χ4v) is 4.54. The zero-order valence-electron chi connectivity index (χ0n) is 19.5. The van der Waals surface area contributed by atoms with Crippen LogP contribution < -0.4 is 10.6 Å². The number of nitrogens with zero attached hydrogens (tertiary/aromatic N) is 4. The number of aromatic nitrogens is 4. The lowest BCUT2D eigenvalue weighted by molar-refractivity contribution is 0.461. The number of anilines is 2. The van der Waals surface area contributed by atoms with Gasteiger partial charge in [0.25, 0.3) is 0 Å². The summed E-state index contributed by atoms with van der Waals surface area (Å²) in [6.45, 7) is 4.98. The van der Waals surface area contributed by atoms with Gasteiger partial charge in [-0.3, -0.25) is 0 Å². The van der Waals surface area contributed by atoms with E-state index in [1.54, 1.807) is 0 Å². The monoisotopic (exact) mass is 440 g/mol. The third-order valence-electron chi connectivity index (χ3n) is 6.44. The molecule has 1 aliphatic rings. The average Bonchev–Trinajstić information content (AvgIpc) is 3.29. The lowest BCUT2D eigenvalue weighted by atomic mass is 9.96. The Bertz CT molecular complexity index is 1190. The van der Waals surface area contributed by atoms with E-state index in [1.807, 2.05) is 12.4 Å². The van der Waals surface area contributed by atoms with Crippen LogP contribution in [0.1, 0.15) is 57.6 Å². The smallest absolute Gasteiger partial charge is 0.227 e. The Morgan fingerprint density at radius 1 is 0.909 bits per heavy atom. The van der Waals surface area contributed by atoms with Gasteiger partial charge in [0.2, 0.25) is 5.95 Å². The second kappa shape index (κ2) is 9.61. The quantitative estimate of drug-likeness (QED) is 0.346. The van der Waals surface area contributed by atoms with Gasteiger partial charge in [0.1, 0.15) is 0 Å². The largest absolute Gasteiger partial charge is 0.364 e. The van der Waals surface area contributed by atoms with Crippen molar-refractivity contribution in [2.45, 2.75) is 64.6 Å². The van der Waals surface area contributed by atoms with Crippen molar-refractivity contribution in [1.29, 1.82) is 0 Å². The topological polar surface area (TPSA) is 67.7 Å². The fraction of sp³-hybridized carbons (Fsp3) is 0.370. The van der Waals surface area contributed by atoms with E-state index in [1.165, 1.54) is 48.8 Å². The normalized spacial score (nSPS) is 14.6. The van der Waals surface area contributed by atoms with E-state index in [4.69, 9.17) is 9.97 Å². The molecule has 0 spiro atoms. The van der Waals surface area contributed by atoms with Crippen LogP contribution in [0.4, 0.5) is 11.8 Å². The molecule has 2 heterocycles. The summed E-state index contributed by atoms with van der Waals surface area (Å²) in [6.07, 6.45) is 8.10. The van der Waals surface area contributed by atoms with Gasteiger partial charge in [0.15, 0.2) is 17.0 Å². The van der Waals surface area contributed by atoms with Gasteiger partial charge < -0.3 is 15.2 Å². The fourth-order valence-electron chi connectivity index (χ4n) is 4.54. The Hall–Kier alpha value is -3.41. The first-order chi connectivity index (χ1) is 16.2.